The highest BCUT2D eigenvalue weighted by Gasteiger charge is 2.17. The van der Waals surface area contributed by atoms with Gasteiger partial charge in [0.25, 0.3) is 0 Å². The molecule has 1 N–H and O–H groups in total. The van der Waals surface area contributed by atoms with Gasteiger partial charge in [0, 0.05) is 35.5 Å². The zero-order valence-corrected chi connectivity index (χ0v) is 15.9. The van der Waals surface area contributed by atoms with Crippen LogP contribution in [-0.2, 0) is 0 Å². The molecule has 0 aliphatic heterocycles. The van der Waals surface area contributed by atoms with E-state index in [9.17, 15) is 8.78 Å². The van der Waals surface area contributed by atoms with Crippen molar-refractivity contribution in [2.75, 3.05) is 19.0 Å². The SMILES string of the molecule is CCNc1nc(-c2cccnc2)nc2c(OC)cc(-c3cccc(F)c3F)cc12. The summed E-state index contributed by atoms with van der Waals surface area (Å²) < 4.78 is 33.7. The first-order chi connectivity index (χ1) is 14.1. The third-order valence-electron chi connectivity index (χ3n) is 4.51. The molecule has 0 saturated heterocycles. The van der Waals surface area contributed by atoms with Gasteiger partial charge in [0.15, 0.2) is 17.5 Å². The van der Waals surface area contributed by atoms with Crippen LogP contribution in [0.2, 0.25) is 0 Å². The lowest BCUT2D eigenvalue weighted by molar-refractivity contribution is 0.419. The number of nitrogens with zero attached hydrogens (tertiary/aromatic N) is 3. The van der Waals surface area contributed by atoms with E-state index in [0.717, 1.165) is 11.6 Å². The molecule has 0 spiro atoms. The molecule has 0 amide bonds. The van der Waals surface area contributed by atoms with Crippen LogP contribution in [0, 0.1) is 11.6 Å². The van der Waals surface area contributed by atoms with Gasteiger partial charge in [0.2, 0.25) is 0 Å². The van der Waals surface area contributed by atoms with Gasteiger partial charge < -0.3 is 10.1 Å². The highest BCUT2D eigenvalue weighted by Crippen LogP contribution is 2.36. The summed E-state index contributed by atoms with van der Waals surface area (Å²) >= 11 is 0. The van der Waals surface area contributed by atoms with Crippen LogP contribution in [0.1, 0.15) is 6.92 Å². The maximum atomic E-state index is 14.4. The lowest BCUT2D eigenvalue weighted by Gasteiger charge is -2.14. The zero-order chi connectivity index (χ0) is 20.4. The molecule has 5 nitrogen and oxygen atoms in total. The third kappa shape index (κ3) is 3.47. The molecule has 0 aliphatic rings. The number of halogens is 2. The standard InChI is InChI=1S/C22H18F2N4O/c1-3-26-22-16-10-14(15-7-4-8-17(23)19(15)24)11-18(29-2)20(16)27-21(28-22)13-6-5-9-25-12-13/h4-12H,3H2,1-2H3,(H,26,27,28). The maximum Gasteiger partial charge on any atom is 0.166 e. The second-order valence-corrected chi connectivity index (χ2v) is 6.34. The molecule has 2 aromatic heterocycles. The fraction of sp³-hybridized carbons (Fsp3) is 0.136. The summed E-state index contributed by atoms with van der Waals surface area (Å²) in [5.74, 6) is -0.311. The molecule has 4 rings (SSSR count). The van der Waals surface area contributed by atoms with Crippen LogP contribution in [0.25, 0.3) is 33.4 Å². The minimum atomic E-state index is -0.910. The fourth-order valence-electron chi connectivity index (χ4n) is 3.16. The lowest BCUT2D eigenvalue weighted by atomic mass is 10.0. The fourth-order valence-corrected chi connectivity index (χ4v) is 3.16. The molecule has 0 saturated carbocycles. The summed E-state index contributed by atoms with van der Waals surface area (Å²) in [6.07, 6.45) is 3.36. The molecule has 29 heavy (non-hydrogen) atoms. The van der Waals surface area contributed by atoms with Crippen LogP contribution in [0.4, 0.5) is 14.6 Å². The molecule has 146 valence electrons. The Morgan fingerprint density at radius 1 is 1.03 bits per heavy atom. The minimum Gasteiger partial charge on any atom is -0.494 e. The summed E-state index contributed by atoms with van der Waals surface area (Å²) in [6, 6.07) is 11.1. The number of benzene rings is 2. The van der Waals surface area contributed by atoms with Crippen molar-refractivity contribution >= 4 is 16.7 Å². The molecule has 4 aromatic rings. The van der Waals surface area contributed by atoms with E-state index >= 15 is 0 Å². The van der Waals surface area contributed by atoms with Crippen molar-refractivity contribution in [3.05, 3.63) is 66.5 Å². The van der Waals surface area contributed by atoms with E-state index in [0.29, 0.717) is 40.4 Å². The average molecular weight is 392 g/mol. The van der Waals surface area contributed by atoms with Gasteiger partial charge in [0.1, 0.15) is 17.1 Å². The quantitative estimate of drug-likeness (QED) is 0.513. The Hall–Kier alpha value is -3.61. The van der Waals surface area contributed by atoms with E-state index in [-0.39, 0.29) is 5.56 Å². The largest absolute Gasteiger partial charge is 0.494 e. The van der Waals surface area contributed by atoms with Crippen molar-refractivity contribution < 1.29 is 13.5 Å². The van der Waals surface area contributed by atoms with E-state index in [2.05, 4.69) is 20.3 Å². The Morgan fingerprint density at radius 2 is 1.90 bits per heavy atom. The Balaban J connectivity index is 2.00. The molecule has 0 fully saturated rings. The summed E-state index contributed by atoms with van der Waals surface area (Å²) in [4.78, 5) is 13.4. The molecular formula is C22H18F2N4O. The topological polar surface area (TPSA) is 59.9 Å². The first-order valence-electron chi connectivity index (χ1n) is 9.10. The smallest absolute Gasteiger partial charge is 0.166 e. The number of ether oxygens (including phenoxy) is 1. The van der Waals surface area contributed by atoms with Gasteiger partial charge in [-0.1, -0.05) is 12.1 Å². The summed E-state index contributed by atoms with van der Waals surface area (Å²) in [5, 5.41) is 3.87. The number of pyridine rings is 1. The molecule has 0 aliphatic carbocycles. The number of hydrogen-bond donors (Lipinski definition) is 1. The van der Waals surface area contributed by atoms with Crippen molar-refractivity contribution in [3.63, 3.8) is 0 Å². The Kier molecular flexibility index (Phi) is 5.03. The van der Waals surface area contributed by atoms with E-state index in [1.165, 1.54) is 19.2 Å². The van der Waals surface area contributed by atoms with Gasteiger partial charge >= 0.3 is 0 Å². The predicted molar refractivity (Wildman–Crippen MR) is 109 cm³/mol. The third-order valence-corrected chi connectivity index (χ3v) is 4.51. The number of rotatable bonds is 5. The second kappa shape index (κ2) is 7.79. The summed E-state index contributed by atoms with van der Waals surface area (Å²) in [6.45, 7) is 2.57. The van der Waals surface area contributed by atoms with E-state index in [4.69, 9.17) is 4.74 Å². The zero-order valence-electron chi connectivity index (χ0n) is 15.9. The normalized spacial score (nSPS) is 10.9. The van der Waals surface area contributed by atoms with Crippen molar-refractivity contribution in [2.24, 2.45) is 0 Å². The molecule has 2 heterocycles. The Bertz CT molecular complexity index is 1180. The molecule has 0 radical (unpaired) electrons. The van der Waals surface area contributed by atoms with Crippen LogP contribution >= 0.6 is 0 Å². The second-order valence-electron chi connectivity index (χ2n) is 6.34. The van der Waals surface area contributed by atoms with Crippen molar-refractivity contribution in [1.82, 2.24) is 15.0 Å². The van der Waals surface area contributed by atoms with Crippen LogP contribution in [0.15, 0.2) is 54.9 Å². The van der Waals surface area contributed by atoms with Gasteiger partial charge in [-0.15, -0.1) is 0 Å². The highest BCUT2D eigenvalue weighted by atomic mass is 19.2. The van der Waals surface area contributed by atoms with Crippen molar-refractivity contribution in [1.29, 1.82) is 0 Å². The molecule has 2 aromatic carbocycles. The van der Waals surface area contributed by atoms with E-state index < -0.39 is 11.6 Å². The monoisotopic (exact) mass is 392 g/mol. The van der Waals surface area contributed by atoms with Crippen molar-refractivity contribution in [3.8, 4) is 28.3 Å². The van der Waals surface area contributed by atoms with Crippen LogP contribution in [0.5, 0.6) is 5.75 Å². The van der Waals surface area contributed by atoms with E-state index in [1.807, 2.05) is 19.1 Å². The van der Waals surface area contributed by atoms with Gasteiger partial charge in [0.05, 0.1) is 7.11 Å². The number of hydrogen-bond acceptors (Lipinski definition) is 5. The first-order valence-corrected chi connectivity index (χ1v) is 9.10. The van der Waals surface area contributed by atoms with Crippen LogP contribution < -0.4 is 10.1 Å². The Labute approximate surface area is 166 Å². The summed E-state index contributed by atoms with van der Waals surface area (Å²) in [7, 11) is 1.51. The van der Waals surface area contributed by atoms with Crippen molar-refractivity contribution in [2.45, 2.75) is 6.92 Å². The first kappa shape index (κ1) is 18.7. The summed E-state index contributed by atoms with van der Waals surface area (Å²) in [5.41, 5.74) is 1.95. The van der Waals surface area contributed by atoms with Crippen LogP contribution in [-0.4, -0.2) is 28.6 Å². The van der Waals surface area contributed by atoms with Crippen LogP contribution in [0.3, 0.4) is 0 Å². The average Bonchev–Trinajstić information content (AvgIpc) is 2.75. The number of aromatic nitrogens is 3. The highest BCUT2D eigenvalue weighted by molar-refractivity contribution is 5.97. The van der Waals surface area contributed by atoms with Gasteiger partial charge in [-0.2, -0.15) is 0 Å². The van der Waals surface area contributed by atoms with E-state index in [1.54, 1.807) is 24.5 Å². The number of nitrogens with one attached hydrogen (secondary N) is 1. The van der Waals surface area contributed by atoms with Gasteiger partial charge in [-0.25, -0.2) is 18.7 Å². The van der Waals surface area contributed by atoms with Gasteiger partial charge in [-0.05, 0) is 42.8 Å². The lowest BCUT2D eigenvalue weighted by Crippen LogP contribution is -2.04. The number of anilines is 1. The Morgan fingerprint density at radius 3 is 2.62 bits per heavy atom. The molecule has 0 unspecified atom stereocenters. The predicted octanol–water partition coefficient (Wildman–Crippen LogP) is 5.08. The molecule has 7 heteroatoms. The molecule has 0 atom stereocenters. The van der Waals surface area contributed by atoms with Gasteiger partial charge in [-0.3, -0.25) is 4.98 Å². The molecular weight excluding hydrogens is 374 g/mol. The number of fused-ring (bicyclic) bond motifs is 1. The molecule has 0 bridgehead atoms. The minimum absolute atomic E-state index is 0.143. The number of methoxy groups -OCH3 is 1. The maximum absolute atomic E-state index is 14.4.